The van der Waals surface area contributed by atoms with Crippen molar-refractivity contribution in [3.8, 4) is 0 Å². The van der Waals surface area contributed by atoms with Gasteiger partial charge in [-0.2, -0.15) is 0 Å². The van der Waals surface area contributed by atoms with Gasteiger partial charge in [-0.05, 0) is 55.7 Å². The first-order valence-electron chi connectivity index (χ1n) is 11.6. The zero-order valence-electron chi connectivity index (χ0n) is 18.4. The molecule has 1 aromatic heterocycles. The molecule has 1 fully saturated rings. The fraction of sp³-hybridized carbons (Fsp3) is 0.480. The summed E-state index contributed by atoms with van der Waals surface area (Å²) < 4.78 is 0. The molecular formula is C25H32N4O3. The van der Waals surface area contributed by atoms with Gasteiger partial charge in [0.25, 0.3) is 0 Å². The molecule has 1 atom stereocenters. The van der Waals surface area contributed by atoms with Gasteiger partial charge in [0.15, 0.2) is 0 Å². The van der Waals surface area contributed by atoms with E-state index >= 15 is 0 Å². The van der Waals surface area contributed by atoms with Crippen LogP contribution in [-0.4, -0.2) is 53.0 Å². The number of carboxylic acids is 1. The van der Waals surface area contributed by atoms with Gasteiger partial charge in [-0.25, -0.2) is 4.98 Å². The highest BCUT2D eigenvalue weighted by Crippen LogP contribution is 2.27. The van der Waals surface area contributed by atoms with Crippen LogP contribution in [0.1, 0.15) is 48.5 Å². The minimum absolute atomic E-state index is 0.0532. The lowest BCUT2D eigenvalue weighted by Gasteiger charge is -2.35. The molecule has 0 radical (unpaired) electrons. The topological polar surface area (TPSA) is 94.6 Å². The summed E-state index contributed by atoms with van der Waals surface area (Å²) in [6, 6.07) is 12.9. The number of nitrogens with zero attached hydrogens (tertiary/aromatic N) is 2. The van der Waals surface area contributed by atoms with Crippen LogP contribution in [0, 0.1) is 5.92 Å². The minimum Gasteiger partial charge on any atom is -0.480 e. The zero-order chi connectivity index (χ0) is 22.3. The molecule has 0 unspecified atom stereocenters. The Morgan fingerprint density at radius 3 is 2.69 bits per heavy atom. The van der Waals surface area contributed by atoms with E-state index < -0.39 is 12.0 Å². The molecule has 2 aliphatic heterocycles. The van der Waals surface area contributed by atoms with Crippen molar-refractivity contribution in [1.29, 1.82) is 0 Å². The largest absolute Gasteiger partial charge is 0.480 e. The van der Waals surface area contributed by atoms with Crippen molar-refractivity contribution >= 4 is 17.7 Å². The maximum atomic E-state index is 12.6. The van der Waals surface area contributed by atoms with Gasteiger partial charge < -0.3 is 15.7 Å². The Labute approximate surface area is 189 Å². The lowest BCUT2D eigenvalue weighted by Crippen LogP contribution is -2.44. The first-order valence-corrected chi connectivity index (χ1v) is 11.6. The first kappa shape index (κ1) is 22.3. The number of likely N-dealkylation sites (tertiary alicyclic amines) is 1. The number of carboxylic acid groups (broad SMARTS) is 1. The van der Waals surface area contributed by atoms with Crippen LogP contribution in [0.15, 0.2) is 42.5 Å². The maximum Gasteiger partial charge on any atom is 0.325 e. The molecule has 1 aromatic carbocycles. The Bertz CT molecular complexity index is 926. The van der Waals surface area contributed by atoms with Gasteiger partial charge >= 0.3 is 5.97 Å². The second-order valence-electron chi connectivity index (χ2n) is 8.70. The molecule has 32 heavy (non-hydrogen) atoms. The summed E-state index contributed by atoms with van der Waals surface area (Å²) in [7, 11) is 0. The van der Waals surface area contributed by atoms with E-state index in [0.29, 0.717) is 32.5 Å². The van der Waals surface area contributed by atoms with Gasteiger partial charge in [0.05, 0.1) is 0 Å². The normalized spacial score (nSPS) is 17.8. The third kappa shape index (κ3) is 5.46. The summed E-state index contributed by atoms with van der Waals surface area (Å²) in [4.78, 5) is 31.1. The van der Waals surface area contributed by atoms with Crippen LogP contribution in [0.25, 0.3) is 0 Å². The number of aliphatic carboxylic acids is 1. The molecule has 2 aromatic rings. The number of pyridine rings is 1. The lowest BCUT2D eigenvalue weighted by atomic mass is 9.93. The standard InChI is InChI=1S/C25H32N4O3/c30-24(27-15-5-9-21-11-10-19-8-4-14-26-23(19)28-21)20-12-16-29(17-13-20)22(25(31)32)18-6-2-1-3-7-18/h1-3,6-7,10-11,20,22H,4-5,8-9,12-17H2,(H,26,28)(H,27,30)(H,31,32)/t22-/m1/s1. The third-order valence-electron chi connectivity index (χ3n) is 6.48. The number of aromatic nitrogens is 1. The highest BCUT2D eigenvalue weighted by molar-refractivity contribution is 5.79. The number of carbonyl (C=O) groups is 2. The van der Waals surface area contributed by atoms with Crippen LogP contribution in [0.5, 0.6) is 0 Å². The summed E-state index contributed by atoms with van der Waals surface area (Å²) >= 11 is 0. The third-order valence-corrected chi connectivity index (χ3v) is 6.48. The average molecular weight is 437 g/mol. The van der Waals surface area contributed by atoms with E-state index in [1.54, 1.807) is 0 Å². The number of hydrogen-bond acceptors (Lipinski definition) is 5. The second-order valence-corrected chi connectivity index (χ2v) is 8.70. The molecule has 1 amide bonds. The van der Waals surface area contributed by atoms with E-state index in [1.807, 2.05) is 35.2 Å². The summed E-state index contributed by atoms with van der Waals surface area (Å²) in [6.07, 6.45) is 5.29. The van der Waals surface area contributed by atoms with Gasteiger partial charge in [-0.15, -0.1) is 0 Å². The number of fused-ring (bicyclic) bond motifs is 1. The minimum atomic E-state index is -0.843. The number of amides is 1. The predicted molar refractivity (Wildman–Crippen MR) is 123 cm³/mol. The van der Waals surface area contributed by atoms with E-state index in [0.717, 1.165) is 49.3 Å². The molecule has 170 valence electrons. The molecule has 3 heterocycles. The monoisotopic (exact) mass is 436 g/mol. The van der Waals surface area contributed by atoms with Crippen molar-refractivity contribution in [3.63, 3.8) is 0 Å². The van der Waals surface area contributed by atoms with Crippen LogP contribution in [-0.2, 0) is 22.4 Å². The Morgan fingerprint density at radius 2 is 1.94 bits per heavy atom. The number of rotatable bonds is 8. The van der Waals surface area contributed by atoms with Gasteiger partial charge in [-0.1, -0.05) is 36.4 Å². The van der Waals surface area contributed by atoms with Gasteiger partial charge in [0.1, 0.15) is 11.9 Å². The molecular weight excluding hydrogens is 404 g/mol. The molecule has 0 bridgehead atoms. The van der Waals surface area contributed by atoms with Gasteiger partial charge in [-0.3, -0.25) is 14.5 Å². The van der Waals surface area contributed by atoms with Crippen molar-refractivity contribution < 1.29 is 14.7 Å². The van der Waals surface area contributed by atoms with E-state index in [4.69, 9.17) is 4.98 Å². The number of hydrogen-bond donors (Lipinski definition) is 3. The fourth-order valence-corrected chi connectivity index (χ4v) is 4.70. The predicted octanol–water partition coefficient (Wildman–Crippen LogP) is 3.03. The molecule has 4 rings (SSSR count). The molecule has 0 saturated carbocycles. The SMILES string of the molecule is O=C(NCCCc1ccc2c(n1)NCCC2)C1CCN([C@@H](C(=O)O)c2ccccc2)CC1. The van der Waals surface area contributed by atoms with Crippen LogP contribution < -0.4 is 10.6 Å². The molecule has 2 aliphatic rings. The molecule has 7 nitrogen and oxygen atoms in total. The van der Waals surface area contributed by atoms with Crippen molar-refractivity contribution in [2.24, 2.45) is 5.92 Å². The van der Waals surface area contributed by atoms with Crippen molar-refractivity contribution in [2.75, 3.05) is 31.5 Å². The average Bonchev–Trinajstić information content (AvgIpc) is 2.82. The van der Waals surface area contributed by atoms with Crippen LogP contribution in [0.3, 0.4) is 0 Å². The Kier molecular flexibility index (Phi) is 7.37. The summed E-state index contributed by atoms with van der Waals surface area (Å²) in [6.45, 7) is 2.83. The number of anilines is 1. The fourth-order valence-electron chi connectivity index (χ4n) is 4.70. The summed E-state index contributed by atoms with van der Waals surface area (Å²) in [5.41, 5.74) is 3.13. The second kappa shape index (κ2) is 10.6. The number of piperidine rings is 1. The van der Waals surface area contributed by atoms with Crippen molar-refractivity contribution in [3.05, 3.63) is 59.3 Å². The highest BCUT2D eigenvalue weighted by Gasteiger charge is 2.32. The molecule has 0 spiro atoms. The Morgan fingerprint density at radius 1 is 1.16 bits per heavy atom. The number of benzene rings is 1. The molecule has 0 aliphatic carbocycles. The molecule has 7 heteroatoms. The van der Waals surface area contributed by atoms with Crippen LogP contribution in [0.2, 0.25) is 0 Å². The highest BCUT2D eigenvalue weighted by atomic mass is 16.4. The van der Waals surface area contributed by atoms with E-state index in [1.165, 1.54) is 5.56 Å². The number of nitrogens with one attached hydrogen (secondary N) is 2. The molecule has 1 saturated heterocycles. The van der Waals surface area contributed by atoms with Crippen molar-refractivity contribution in [1.82, 2.24) is 15.2 Å². The Balaban J connectivity index is 1.20. The number of carbonyl (C=O) groups excluding carboxylic acids is 1. The van der Waals surface area contributed by atoms with Crippen LogP contribution in [0.4, 0.5) is 5.82 Å². The van der Waals surface area contributed by atoms with Crippen LogP contribution >= 0.6 is 0 Å². The van der Waals surface area contributed by atoms with E-state index in [9.17, 15) is 14.7 Å². The molecule has 3 N–H and O–H groups in total. The summed E-state index contributed by atoms with van der Waals surface area (Å²) in [5.74, 6) is 0.198. The smallest absolute Gasteiger partial charge is 0.325 e. The number of aryl methyl sites for hydroxylation is 2. The maximum absolute atomic E-state index is 12.6. The first-order chi connectivity index (χ1) is 15.6. The van der Waals surface area contributed by atoms with Gasteiger partial charge in [0.2, 0.25) is 5.91 Å². The van der Waals surface area contributed by atoms with Gasteiger partial charge in [0, 0.05) is 37.8 Å². The van der Waals surface area contributed by atoms with E-state index in [-0.39, 0.29) is 11.8 Å². The Hall–Kier alpha value is -2.93. The van der Waals surface area contributed by atoms with Crippen molar-refractivity contribution in [2.45, 2.75) is 44.6 Å². The van der Waals surface area contributed by atoms with E-state index in [2.05, 4.69) is 22.8 Å². The quantitative estimate of drug-likeness (QED) is 0.551. The lowest BCUT2D eigenvalue weighted by molar-refractivity contribution is -0.144. The zero-order valence-corrected chi connectivity index (χ0v) is 18.4. The summed E-state index contributed by atoms with van der Waals surface area (Å²) in [5, 5.41) is 16.2.